The molecular weight excluding hydrogens is 210 g/mol. The molecule has 17 heavy (non-hydrogen) atoms. The molecule has 1 aromatic heterocycles. The normalized spacial score (nSPS) is 14.5. The minimum atomic E-state index is -0.172. The Morgan fingerprint density at radius 3 is 2.65 bits per heavy atom. The van der Waals surface area contributed by atoms with Crippen molar-refractivity contribution in [3.8, 4) is 0 Å². The Bertz CT molecular complexity index is 461. The van der Waals surface area contributed by atoms with E-state index in [-0.39, 0.29) is 6.04 Å². The zero-order chi connectivity index (χ0) is 12.3. The highest BCUT2D eigenvalue weighted by molar-refractivity contribution is 5.25. The van der Waals surface area contributed by atoms with Gasteiger partial charge in [-0.3, -0.25) is 0 Å². The van der Waals surface area contributed by atoms with Gasteiger partial charge < -0.3 is 10.7 Å². The summed E-state index contributed by atoms with van der Waals surface area (Å²) in [6.45, 7) is 4.35. The van der Waals surface area contributed by atoms with Crippen molar-refractivity contribution < 1.29 is 0 Å². The molecule has 3 heteroatoms. The first kappa shape index (κ1) is 11.9. The average Bonchev–Trinajstić information content (AvgIpc) is 2.87. The monoisotopic (exact) mass is 229 g/mol. The fraction of sp³-hybridized carbons (Fsp3) is 0.357. The Kier molecular flexibility index (Phi) is 3.59. The second-order valence-electron chi connectivity index (χ2n) is 4.42. The van der Waals surface area contributed by atoms with Crippen LogP contribution in [0.15, 0.2) is 36.5 Å². The lowest BCUT2D eigenvalue weighted by molar-refractivity contribution is 0.704. The smallest absolute Gasteiger partial charge is 0.127 e. The number of rotatable bonds is 4. The Labute approximate surface area is 102 Å². The number of imidazole rings is 1. The van der Waals surface area contributed by atoms with E-state index in [1.165, 1.54) is 0 Å². The van der Waals surface area contributed by atoms with E-state index in [0.717, 1.165) is 23.5 Å². The zero-order valence-electron chi connectivity index (χ0n) is 10.4. The number of aromatic amines is 1. The van der Waals surface area contributed by atoms with Gasteiger partial charge in [0.1, 0.15) is 5.82 Å². The van der Waals surface area contributed by atoms with Gasteiger partial charge in [0, 0.05) is 11.9 Å². The molecule has 90 valence electrons. The quantitative estimate of drug-likeness (QED) is 0.846. The Balaban J connectivity index is 2.20. The summed E-state index contributed by atoms with van der Waals surface area (Å²) in [6.07, 6.45) is 2.99. The summed E-state index contributed by atoms with van der Waals surface area (Å²) >= 11 is 0. The molecule has 0 radical (unpaired) electrons. The van der Waals surface area contributed by atoms with Gasteiger partial charge in [-0.05, 0) is 17.9 Å². The molecule has 0 amide bonds. The van der Waals surface area contributed by atoms with E-state index >= 15 is 0 Å². The predicted octanol–water partition coefficient (Wildman–Crippen LogP) is 2.97. The summed E-state index contributed by atoms with van der Waals surface area (Å²) in [4.78, 5) is 7.71. The number of nitrogens with one attached hydrogen (secondary N) is 1. The van der Waals surface area contributed by atoms with Crippen molar-refractivity contribution in [2.45, 2.75) is 32.2 Å². The van der Waals surface area contributed by atoms with E-state index in [4.69, 9.17) is 5.73 Å². The summed E-state index contributed by atoms with van der Waals surface area (Å²) in [5, 5.41) is 0. The SMILES string of the molecule is CCC(C)c1cnc(C(N)c2ccccc2)[nH]1. The molecule has 1 aromatic carbocycles. The number of aromatic nitrogens is 2. The third-order valence-electron chi connectivity index (χ3n) is 3.21. The van der Waals surface area contributed by atoms with Crippen LogP contribution in [-0.2, 0) is 0 Å². The van der Waals surface area contributed by atoms with Crippen LogP contribution in [-0.4, -0.2) is 9.97 Å². The van der Waals surface area contributed by atoms with Gasteiger partial charge in [-0.15, -0.1) is 0 Å². The van der Waals surface area contributed by atoms with Crippen molar-refractivity contribution in [2.24, 2.45) is 5.73 Å². The first-order valence-corrected chi connectivity index (χ1v) is 6.07. The summed E-state index contributed by atoms with van der Waals surface area (Å²) in [6, 6.07) is 9.85. The molecule has 2 unspecified atom stereocenters. The van der Waals surface area contributed by atoms with Crippen LogP contribution < -0.4 is 5.73 Å². The number of benzene rings is 1. The van der Waals surface area contributed by atoms with Gasteiger partial charge in [-0.1, -0.05) is 44.2 Å². The topological polar surface area (TPSA) is 54.7 Å². The van der Waals surface area contributed by atoms with Crippen molar-refractivity contribution in [3.63, 3.8) is 0 Å². The van der Waals surface area contributed by atoms with E-state index < -0.39 is 0 Å². The lowest BCUT2D eigenvalue weighted by atomic mass is 10.1. The largest absolute Gasteiger partial charge is 0.344 e. The predicted molar refractivity (Wildman–Crippen MR) is 69.8 cm³/mol. The lowest BCUT2D eigenvalue weighted by Crippen LogP contribution is -2.13. The second kappa shape index (κ2) is 5.15. The summed E-state index contributed by atoms with van der Waals surface area (Å²) in [7, 11) is 0. The second-order valence-corrected chi connectivity index (χ2v) is 4.42. The van der Waals surface area contributed by atoms with Gasteiger partial charge in [0.15, 0.2) is 0 Å². The standard InChI is InChI=1S/C14H19N3/c1-3-10(2)12-9-16-14(17-12)13(15)11-7-5-4-6-8-11/h4-10,13H,3,15H2,1-2H3,(H,16,17). The fourth-order valence-corrected chi connectivity index (χ4v) is 1.80. The maximum absolute atomic E-state index is 6.18. The first-order valence-electron chi connectivity index (χ1n) is 6.07. The maximum atomic E-state index is 6.18. The van der Waals surface area contributed by atoms with Crippen LogP contribution >= 0.6 is 0 Å². The van der Waals surface area contributed by atoms with Crippen LogP contribution in [0.4, 0.5) is 0 Å². The number of H-pyrrole nitrogens is 1. The molecule has 0 aliphatic carbocycles. The molecule has 1 heterocycles. The van der Waals surface area contributed by atoms with Gasteiger partial charge in [0.2, 0.25) is 0 Å². The molecule has 3 nitrogen and oxygen atoms in total. The van der Waals surface area contributed by atoms with E-state index in [9.17, 15) is 0 Å². The molecule has 0 saturated carbocycles. The highest BCUT2D eigenvalue weighted by atomic mass is 15.0. The molecule has 0 aliphatic rings. The minimum Gasteiger partial charge on any atom is -0.344 e. The molecule has 0 saturated heterocycles. The lowest BCUT2D eigenvalue weighted by Gasteiger charge is -2.09. The van der Waals surface area contributed by atoms with E-state index in [1.54, 1.807) is 0 Å². The molecule has 2 atom stereocenters. The van der Waals surface area contributed by atoms with Gasteiger partial charge >= 0.3 is 0 Å². The number of nitrogens with zero attached hydrogens (tertiary/aromatic N) is 1. The molecular formula is C14H19N3. The number of hydrogen-bond donors (Lipinski definition) is 2. The van der Waals surface area contributed by atoms with Crippen molar-refractivity contribution in [1.29, 1.82) is 0 Å². The van der Waals surface area contributed by atoms with Gasteiger partial charge in [0.25, 0.3) is 0 Å². The van der Waals surface area contributed by atoms with Crippen LogP contribution in [0, 0.1) is 0 Å². The van der Waals surface area contributed by atoms with E-state index in [1.807, 2.05) is 36.5 Å². The summed E-state index contributed by atoms with van der Waals surface area (Å²) in [5.41, 5.74) is 8.42. The fourth-order valence-electron chi connectivity index (χ4n) is 1.80. The van der Waals surface area contributed by atoms with Crippen LogP contribution in [0.5, 0.6) is 0 Å². The molecule has 0 bridgehead atoms. The van der Waals surface area contributed by atoms with Crippen molar-refractivity contribution in [2.75, 3.05) is 0 Å². The van der Waals surface area contributed by atoms with Crippen molar-refractivity contribution >= 4 is 0 Å². The Hall–Kier alpha value is -1.61. The molecule has 3 N–H and O–H groups in total. The first-order chi connectivity index (χ1) is 8.22. The van der Waals surface area contributed by atoms with E-state index in [2.05, 4.69) is 23.8 Å². The van der Waals surface area contributed by atoms with E-state index in [0.29, 0.717) is 5.92 Å². The van der Waals surface area contributed by atoms with Gasteiger partial charge in [-0.25, -0.2) is 4.98 Å². The van der Waals surface area contributed by atoms with Gasteiger partial charge in [-0.2, -0.15) is 0 Å². The Morgan fingerprint density at radius 2 is 2.00 bits per heavy atom. The van der Waals surface area contributed by atoms with Crippen molar-refractivity contribution in [3.05, 3.63) is 53.6 Å². The maximum Gasteiger partial charge on any atom is 0.127 e. The number of hydrogen-bond acceptors (Lipinski definition) is 2. The average molecular weight is 229 g/mol. The van der Waals surface area contributed by atoms with Gasteiger partial charge in [0.05, 0.1) is 6.04 Å². The van der Waals surface area contributed by atoms with Crippen LogP contribution in [0.2, 0.25) is 0 Å². The highest BCUT2D eigenvalue weighted by Crippen LogP contribution is 2.20. The third kappa shape index (κ3) is 2.56. The third-order valence-corrected chi connectivity index (χ3v) is 3.21. The highest BCUT2D eigenvalue weighted by Gasteiger charge is 2.14. The number of nitrogens with two attached hydrogens (primary N) is 1. The summed E-state index contributed by atoms with van der Waals surface area (Å²) in [5.74, 6) is 1.34. The van der Waals surface area contributed by atoms with Crippen molar-refractivity contribution in [1.82, 2.24) is 9.97 Å². The van der Waals surface area contributed by atoms with Crippen LogP contribution in [0.3, 0.4) is 0 Å². The Morgan fingerprint density at radius 1 is 1.29 bits per heavy atom. The summed E-state index contributed by atoms with van der Waals surface area (Å²) < 4.78 is 0. The molecule has 0 aliphatic heterocycles. The molecule has 0 fully saturated rings. The van der Waals surface area contributed by atoms with Crippen LogP contribution in [0.25, 0.3) is 0 Å². The van der Waals surface area contributed by atoms with Crippen LogP contribution in [0.1, 0.15) is 49.3 Å². The molecule has 2 aromatic rings. The zero-order valence-corrected chi connectivity index (χ0v) is 10.4. The minimum absolute atomic E-state index is 0.172. The molecule has 2 rings (SSSR count). The molecule has 0 spiro atoms.